The van der Waals surface area contributed by atoms with Gasteiger partial charge in [-0.3, -0.25) is 9.59 Å². The van der Waals surface area contributed by atoms with E-state index in [0.717, 1.165) is 0 Å². The number of esters is 1. The molecule has 6 heteroatoms. The molecule has 6 nitrogen and oxygen atoms in total. The quantitative estimate of drug-likeness (QED) is 0.579. The number of hydrogen-bond acceptors (Lipinski definition) is 5. The third kappa shape index (κ3) is 5.54. The zero-order chi connectivity index (χ0) is 14.3. The number of rotatable bonds is 7. The summed E-state index contributed by atoms with van der Waals surface area (Å²) in [5.74, 6) is 1.15. The van der Waals surface area contributed by atoms with Crippen LogP contribution in [-0.2, 0) is 9.53 Å². The second kappa shape index (κ2) is 7.56. The van der Waals surface area contributed by atoms with E-state index in [-0.39, 0.29) is 17.4 Å². The molecule has 0 aliphatic heterocycles. The van der Waals surface area contributed by atoms with Crippen LogP contribution in [0.4, 0.5) is 5.82 Å². The van der Waals surface area contributed by atoms with E-state index in [0.29, 0.717) is 37.6 Å². The summed E-state index contributed by atoms with van der Waals surface area (Å²) in [4.78, 5) is 29.6. The summed E-state index contributed by atoms with van der Waals surface area (Å²) in [5.41, 5.74) is -0.174. The monoisotopic (exact) mass is 267 g/mol. The minimum absolute atomic E-state index is 0.161. The first kappa shape index (κ1) is 15.2. The maximum atomic E-state index is 11.4. The van der Waals surface area contributed by atoms with Crippen LogP contribution in [0, 0.1) is 0 Å². The van der Waals surface area contributed by atoms with Crippen LogP contribution in [0.1, 0.15) is 45.4 Å². The molecule has 19 heavy (non-hydrogen) atoms. The molecule has 0 aromatic carbocycles. The molecule has 1 heterocycles. The van der Waals surface area contributed by atoms with Crippen molar-refractivity contribution in [3.8, 4) is 0 Å². The van der Waals surface area contributed by atoms with Gasteiger partial charge in [-0.15, -0.1) is 0 Å². The Labute approximate surface area is 112 Å². The van der Waals surface area contributed by atoms with Crippen molar-refractivity contribution in [1.82, 2.24) is 9.97 Å². The van der Waals surface area contributed by atoms with Crippen LogP contribution < -0.4 is 10.9 Å². The molecule has 0 bridgehead atoms. The summed E-state index contributed by atoms with van der Waals surface area (Å²) < 4.78 is 4.83. The topological polar surface area (TPSA) is 84.1 Å². The molecule has 1 rings (SSSR count). The van der Waals surface area contributed by atoms with Crippen LogP contribution in [0.3, 0.4) is 0 Å². The van der Waals surface area contributed by atoms with Gasteiger partial charge < -0.3 is 15.0 Å². The second-order valence-corrected chi connectivity index (χ2v) is 4.51. The Morgan fingerprint density at radius 3 is 2.89 bits per heavy atom. The van der Waals surface area contributed by atoms with Crippen molar-refractivity contribution >= 4 is 11.8 Å². The maximum absolute atomic E-state index is 11.4. The van der Waals surface area contributed by atoms with E-state index < -0.39 is 0 Å². The molecule has 1 aromatic rings. The smallest absolute Gasteiger partial charge is 0.305 e. The van der Waals surface area contributed by atoms with Crippen molar-refractivity contribution in [2.45, 2.75) is 39.5 Å². The molecule has 0 unspecified atom stereocenters. The van der Waals surface area contributed by atoms with Gasteiger partial charge in [0.15, 0.2) is 0 Å². The summed E-state index contributed by atoms with van der Waals surface area (Å²) in [5, 5.41) is 3.04. The zero-order valence-corrected chi connectivity index (χ0v) is 11.7. The largest absolute Gasteiger partial charge is 0.466 e. The summed E-state index contributed by atoms with van der Waals surface area (Å²) in [7, 11) is 0. The fraction of sp³-hybridized carbons (Fsp3) is 0.615. The number of hydrogen-bond donors (Lipinski definition) is 2. The van der Waals surface area contributed by atoms with E-state index in [4.69, 9.17) is 4.74 Å². The number of H-pyrrole nitrogens is 1. The third-order valence-corrected chi connectivity index (χ3v) is 2.48. The van der Waals surface area contributed by atoms with E-state index in [2.05, 4.69) is 15.3 Å². The van der Waals surface area contributed by atoms with E-state index >= 15 is 0 Å². The minimum Gasteiger partial charge on any atom is -0.466 e. The first-order chi connectivity index (χ1) is 9.02. The number of aromatic nitrogens is 2. The van der Waals surface area contributed by atoms with Crippen molar-refractivity contribution in [2.75, 3.05) is 18.5 Å². The van der Waals surface area contributed by atoms with E-state index in [9.17, 15) is 9.59 Å². The molecule has 0 aliphatic rings. The molecule has 0 radical (unpaired) electrons. The Morgan fingerprint density at radius 1 is 1.53 bits per heavy atom. The maximum Gasteiger partial charge on any atom is 0.305 e. The summed E-state index contributed by atoms with van der Waals surface area (Å²) in [6.45, 7) is 6.68. The minimum atomic E-state index is -0.203. The standard InChI is InChI=1S/C13H21N3O3/c1-4-19-12(18)6-5-7-14-10-8-11(17)16-13(15-10)9(2)3/h8-9H,4-7H2,1-3H3,(H2,14,15,16,17). The molecule has 0 saturated heterocycles. The molecule has 0 fully saturated rings. The van der Waals surface area contributed by atoms with E-state index in [1.165, 1.54) is 6.07 Å². The molecule has 0 atom stereocenters. The molecule has 0 amide bonds. The molecular formula is C13H21N3O3. The molecule has 106 valence electrons. The molecule has 0 saturated carbocycles. The van der Waals surface area contributed by atoms with Crippen LogP contribution in [0.15, 0.2) is 10.9 Å². The number of anilines is 1. The zero-order valence-electron chi connectivity index (χ0n) is 11.7. The normalized spacial score (nSPS) is 10.5. The number of ether oxygens (including phenoxy) is 1. The fourth-order valence-electron chi connectivity index (χ4n) is 1.52. The molecule has 2 N–H and O–H groups in total. The number of aromatic amines is 1. The fourth-order valence-corrected chi connectivity index (χ4v) is 1.52. The molecular weight excluding hydrogens is 246 g/mol. The summed E-state index contributed by atoms with van der Waals surface area (Å²) in [6.07, 6.45) is 1.01. The van der Waals surface area contributed by atoms with Gasteiger partial charge in [0.05, 0.1) is 6.61 Å². The average Bonchev–Trinajstić information content (AvgIpc) is 2.34. The Bertz CT molecular complexity index is 468. The lowest BCUT2D eigenvalue weighted by Gasteiger charge is -2.08. The predicted molar refractivity (Wildman–Crippen MR) is 73.3 cm³/mol. The Hall–Kier alpha value is -1.85. The van der Waals surface area contributed by atoms with Crippen molar-refractivity contribution in [3.05, 3.63) is 22.2 Å². The average molecular weight is 267 g/mol. The first-order valence-electron chi connectivity index (χ1n) is 6.53. The van der Waals surface area contributed by atoms with Crippen molar-refractivity contribution in [2.24, 2.45) is 0 Å². The lowest BCUT2D eigenvalue weighted by Crippen LogP contribution is -2.15. The van der Waals surface area contributed by atoms with E-state index in [1.807, 2.05) is 13.8 Å². The van der Waals surface area contributed by atoms with Crippen LogP contribution >= 0.6 is 0 Å². The summed E-state index contributed by atoms with van der Waals surface area (Å²) in [6, 6.07) is 1.41. The van der Waals surface area contributed by atoms with Crippen molar-refractivity contribution in [3.63, 3.8) is 0 Å². The van der Waals surface area contributed by atoms with Gasteiger partial charge in [0.2, 0.25) is 0 Å². The highest BCUT2D eigenvalue weighted by atomic mass is 16.5. The van der Waals surface area contributed by atoms with Crippen LogP contribution in [0.25, 0.3) is 0 Å². The first-order valence-corrected chi connectivity index (χ1v) is 6.53. The van der Waals surface area contributed by atoms with Gasteiger partial charge in [0, 0.05) is 24.9 Å². The third-order valence-electron chi connectivity index (χ3n) is 2.48. The number of nitrogens with zero attached hydrogens (tertiary/aromatic N) is 1. The lowest BCUT2D eigenvalue weighted by molar-refractivity contribution is -0.143. The van der Waals surface area contributed by atoms with Gasteiger partial charge in [0.25, 0.3) is 5.56 Å². The van der Waals surface area contributed by atoms with Crippen LogP contribution in [-0.4, -0.2) is 29.1 Å². The van der Waals surface area contributed by atoms with Gasteiger partial charge in [0.1, 0.15) is 11.6 Å². The second-order valence-electron chi connectivity index (χ2n) is 4.51. The molecule has 1 aromatic heterocycles. The lowest BCUT2D eigenvalue weighted by atomic mass is 10.2. The van der Waals surface area contributed by atoms with Gasteiger partial charge in [-0.05, 0) is 13.3 Å². The van der Waals surface area contributed by atoms with Crippen molar-refractivity contribution in [1.29, 1.82) is 0 Å². The predicted octanol–water partition coefficient (Wildman–Crippen LogP) is 1.65. The van der Waals surface area contributed by atoms with E-state index in [1.54, 1.807) is 6.92 Å². The molecule has 0 aliphatic carbocycles. The number of carbonyl (C=O) groups is 1. The highest BCUT2D eigenvalue weighted by Crippen LogP contribution is 2.09. The highest BCUT2D eigenvalue weighted by Gasteiger charge is 2.05. The van der Waals surface area contributed by atoms with Gasteiger partial charge in [-0.1, -0.05) is 13.8 Å². The van der Waals surface area contributed by atoms with Gasteiger partial charge in [-0.25, -0.2) is 4.98 Å². The van der Waals surface area contributed by atoms with Gasteiger partial charge in [-0.2, -0.15) is 0 Å². The van der Waals surface area contributed by atoms with Gasteiger partial charge >= 0.3 is 5.97 Å². The Kier molecular flexibility index (Phi) is 6.05. The number of carbonyl (C=O) groups excluding carboxylic acids is 1. The van der Waals surface area contributed by atoms with Crippen molar-refractivity contribution < 1.29 is 9.53 Å². The van der Waals surface area contributed by atoms with Crippen LogP contribution in [0.2, 0.25) is 0 Å². The summed E-state index contributed by atoms with van der Waals surface area (Å²) >= 11 is 0. The van der Waals surface area contributed by atoms with Crippen LogP contribution in [0.5, 0.6) is 0 Å². The Morgan fingerprint density at radius 2 is 2.26 bits per heavy atom. The molecule has 0 spiro atoms. The highest BCUT2D eigenvalue weighted by molar-refractivity contribution is 5.69. The Balaban J connectivity index is 2.45. The SMILES string of the molecule is CCOC(=O)CCCNc1cc(=O)[nH]c(C(C)C)n1. The number of nitrogens with one attached hydrogen (secondary N) is 2.